The SMILES string of the molecule is CN1Cc2cc(Nc3ncc4c(F)cn(-c5cccc(N=S(C)(C)=O)n5)c4n3)cc3c2C(CC=C3)C1. The number of benzene rings is 1. The number of allylic oxidation sites excluding steroid dienone is 1. The second kappa shape index (κ2) is 8.49. The van der Waals surface area contributed by atoms with Crippen LogP contribution in [0.3, 0.4) is 0 Å². The maximum atomic E-state index is 14.8. The van der Waals surface area contributed by atoms with E-state index in [4.69, 9.17) is 0 Å². The normalized spacial score (nSPS) is 17.3. The Kier molecular flexibility index (Phi) is 5.38. The average molecular weight is 504 g/mol. The van der Waals surface area contributed by atoms with Gasteiger partial charge in [0.1, 0.15) is 5.82 Å². The molecule has 0 amide bonds. The second-order valence-corrected chi connectivity index (χ2v) is 12.2. The molecule has 6 rings (SSSR count). The molecule has 0 saturated carbocycles. The highest BCUT2D eigenvalue weighted by molar-refractivity contribution is 7.92. The van der Waals surface area contributed by atoms with Crippen molar-refractivity contribution in [2.45, 2.75) is 18.9 Å². The molecule has 0 saturated heterocycles. The van der Waals surface area contributed by atoms with Crippen LogP contribution < -0.4 is 5.32 Å². The van der Waals surface area contributed by atoms with Gasteiger partial charge in [-0.15, -0.1) is 0 Å². The van der Waals surface area contributed by atoms with Crippen molar-refractivity contribution >= 4 is 44.3 Å². The summed E-state index contributed by atoms with van der Waals surface area (Å²) in [4.78, 5) is 15.8. The zero-order chi connectivity index (χ0) is 25.0. The van der Waals surface area contributed by atoms with Gasteiger partial charge in [0.2, 0.25) is 5.95 Å². The lowest BCUT2D eigenvalue weighted by molar-refractivity contribution is 0.280. The molecule has 4 aromatic rings. The number of rotatable bonds is 4. The molecule has 0 radical (unpaired) electrons. The van der Waals surface area contributed by atoms with Gasteiger partial charge in [0, 0.05) is 59.3 Å². The van der Waals surface area contributed by atoms with Crippen molar-refractivity contribution in [3.8, 4) is 5.82 Å². The van der Waals surface area contributed by atoms with Gasteiger partial charge >= 0.3 is 0 Å². The molecule has 3 aromatic heterocycles. The first-order valence-corrected chi connectivity index (χ1v) is 14.0. The van der Waals surface area contributed by atoms with Crippen LogP contribution in [0.4, 0.5) is 21.8 Å². The molecule has 1 aromatic carbocycles. The lowest BCUT2D eigenvalue weighted by Gasteiger charge is -2.35. The Balaban J connectivity index is 1.39. The first-order chi connectivity index (χ1) is 17.2. The van der Waals surface area contributed by atoms with Gasteiger partial charge in [0.25, 0.3) is 0 Å². The maximum absolute atomic E-state index is 14.8. The van der Waals surface area contributed by atoms with Crippen LogP contribution in [-0.2, 0) is 16.3 Å². The first-order valence-electron chi connectivity index (χ1n) is 11.7. The molecule has 1 unspecified atom stereocenters. The number of likely N-dealkylation sites (N-methyl/N-ethyl adjacent to an activating group) is 1. The van der Waals surface area contributed by atoms with Crippen LogP contribution in [0.15, 0.2) is 53.2 Å². The average Bonchev–Trinajstić information content (AvgIpc) is 3.14. The standard InChI is InChI=1S/C26H26FN7OS/c1-33-13-17-7-4-6-16-10-19(11-18(14-33)24(16)17)29-26-28-12-20-21(27)15-34(25(20)31-26)23-9-5-8-22(30-23)32-36(2,3)35/h4-6,8-12,15,17H,7,13-14H2,1-3H3,(H,28,29,31). The van der Waals surface area contributed by atoms with E-state index < -0.39 is 15.5 Å². The van der Waals surface area contributed by atoms with E-state index in [2.05, 4.69) is 60.9 Å². The van der Waals surface area contributed by atoms with E-state index in [-0.39, 0.29) is 5.39 Å². The first kappa shape index (κ1) is 22.8. The number of anilines is 2. The van der Waals surface area contributed by atoms with Gasteiger partial charge in [-0.25, -0.2) is 18.6 Å². The molecule has 0 bridgehead atoms. The van der Waals surface area contributed by atoms with Crippen molar-refractivity contribution in [3.05, 3.63) is 71.3 Å². The van der Waals surface area contributed by atoms with Crippen LogP contribution in [-0.4, -0.2) is 54.7 Å². The summed E-state index contributed by atoms with van der Waals surface area (Å²) in [6.45, 7) is 1.96. The minimum Gasteiger partial charge on any atom is -0.324 e. The molecule has 1 atom stereocenters. The maximum Gasteiger partial charge on any atom is 0.229 e. The van der Waals surface area contributed by atoms with Gasteiger partial charge in [-0.05, 0) is 54.4 Å². The number of pyridine rings is 1. The zero-order valence-corrected chi connectivity index (χ0v) is 21.1. The quantitative estimate of drug-likeness (QED) is 0.422. The van der Waals surface area contributed by atoms with E-state index >= 15 is 0 Å². The highest BCUT2D eigenvalue weighted by atomic mass is 32.2. The van der Waals surface area contributed by atoms with E-state index in [1.54, 1.807) is 35.3 Å². The summed E-state index contributed by atoms with van der Waals surface area (Å²) in [7, 11) is -0.235. The molecule has 2 aliphatic rings. The lowest BCUT2D eigenvalue weighted by atomic mass is 9.81. The number of fused-ring (bicyclic) bond motifs is 1. The third kappa shape index (κ3) is 4.27. The number of halogens is 1. The predicted molar refractivity (Wildman–Crippen MR) is 141 cm³/mol. The Morgan fingerprint density at radius 2 is 2.08 bits per heavy atom. The van der Waals surface area contributed by atoms with Gasteiger partial charge in [-0.1, -0.05) is 18.2 Å². The van der Waals surface area contributed by atoms with Crippen molar-refractivity contribution in [1.29, 1.82) is 0 Å². The smallest absolute Gasteiger partial charge is 0.229 e. The minimum atomic E-state index is -2.38. The summed E-state index contributed by atoms with van der Waals surface area (Å²) in [5.74, 6) is 1.18. The molecule has 4 heterocycles. The van der Waals surface area contributed by atoms with Crippen molar-refractivity contribution < 1.29 is 8.60 Å². The van der Waals surface area contributed by atoms with E-state index in [0.29, 0.717) is 29.1 Å². The van der Waals surface area contributed by atoms with Crippen LogP contribution >= 0.6 is 0 Å². The van der Waals surface area contributed by atoms with Crippen molar-refractivity contribution in [2.75, 3.05) is 31.4 Å². The van der Waals surface area contributed by atoms with Crippen LogP contribution in [0.25, 0.3) is 22.9 Å². The summed E-state index contributed by atoms with van der Waals surface area (Å²) < 4.78 is 32.6. The van der Waals surface area contributed by atoms with Gasteiger partial charge in [0.05, 0.1) is 5.39 Å². The molecule has 36 heavy (non-hydrogen) atoms. The molecule has 1 N–H and O–H groups in total. The molecule has 10 heteroatoms. The summed E-state index contributed by atoms with van der Waals surface area (Å²) in [5.41, 5.74) is 5.24. The van der Waals surface area contributed by atoms with E-state index in [9.17, 15) is 8.60 Å². The van der Waals surface area contributed by atoms with Crippen molar-refractivity contribution in [1.82, 2.24) is 24.4 Å². The van der Waals surface area contributed by atoms with E-state index in [0.717, 1.165) is 25.2 Å². The fourth-order valence-corrected chi connectivity index (χ4v) is 5.66. The largest absolute Gasteiger partial charge is 0.324 e. The Hall–Kier alpha value is -3.63. The number of hydrogen-bond acceptors (Lipinski definition) is 7. The van der Waals surface area contributed by atoms with Crippen LogP contribution in [0.2, 0.25) is 0 Å². The highest BCUT2D eigenvalue weighted by Gasteiger charge is 2.27. The number of nitrogens with one attached hydrogen (secondary N) is 1. The highest BCUT2D eigenvalue weighted by Crippen LogP contribution is 2.39. The number of aromatic nitrogens is 4. The van der Waals surface area contributed by atoms with Crippen LogP contribution in [0, 0.1) is 5.82 Å². The number of hydrogen-bond donors (Lipinski definition) is 1. The summed E-state index contributed by atoms with van der Waals surface area (Å²) in [6, 6.07) is 9.42. The predicted octanol–water partition coefficient (Wildman–Crippen LogP) is 5.00. The topological polar surface area (TPSA) is 88.3 Å². The molecule has 8 nitrogen and oxygen atoms in total. The van der Waals surface area contributed by atoms with Crippen LogP contribution in [0.1, 0.15) is 29.0 Å². The fraction of sp³-hybridized carbons (Fsp3) is 0.269. The monoisotopic (exact) mass is 503 g/mol. The Bertz CT molecular complexity index is 1660. The van der Waals surface area contributed by atoms with Gasteiger partial charge in [0.15, 0.2) is 17.3 Å². The molecule has 1 aliphatic heterocycles. The zero-order valence-electron chi connectivity index (χ0n) is 20.3. The second-order valence-electron chi connectivity index (χ2n) is 9.70. The molecule has 184 valence electrons. The third-order valence-electron chi connectivity index (χ3n) is 6.43. The van der Waals surface area contributed by atoms with Crippen molar-refractivity contribution in [3.63, 3.8) is 0 Å². The Morgan fingerprint density at radius 3 is 2.92 bits per heavy atom. The van der Waals surface area contributed by atoms with Crippen molar-refractivity contribution in [2.24, 2.45) is 4.36 Å². The van der Waals surface area contributed by atoms with E-state index in [1.807, 2.05) is 0 Å². The third-order valence-corrected chi connectivity index (χ3v) is 7.06. The molecule has 0 spiro atoms. The summed E-state index contributed by atoms with van der Waals surface area (Å²) in [6.07, 6.45) is 11.4. The minimum absolute atomic E-state index is 0.285. The molecule has 0 fully saturated rings. The van der Waals surface area contributed by atoms with Gasteiger partial charge < -0.3 is 10.2 Å². The Labute approximate surface area is 209 Å². The fourth-order valence-electron chi connectivity index (χ4n) is 5.11. The summed E-state index contributed by atoms with van der Waals surface area (Å²) >= 11 is 0. The van der Waals surface area contributed by atoms with Gasteiger partial charge in [-0.3, -0.25) is 4.57 Å². The summed E-state index contributed by atoms with van der Waals surface area (Å²) in [5, 5.41) is 3.60. The van der Waals surface area contributed by atoms with Crippen LogP contribution in [0.5, 0.6) is 0 Å². The van der Waals surface area contributed by atoms with E-state index in [1.165, 1.54) is 29.1 Å². The molecule has 1 aliphatic carbocycles. The number of nitrogens with zero attached hydrogens (tertiary/aromatic N) is 6. The Morgan fingerprint density at radius 1 is 1.22 bits per heavy atom. The molecular weight excluding hydrogens is 477 g/mol. The van der Waals surface area contributed by atoms with Gasteiger partial charge in [-0.2, -0.15) is 9.35 Å². The molecular formula is C26H26FN7OS. The lowest BCUT2D eigenvalue weighted by Crippen LogP contribution is -2.31.